The molecule has 2 atom stereocenters. The summed E-state index contributed by atoms with van der Waals surface area (Å²) in [5, 5.41) is 0. The molecule has 0 aromatic rings. The molecule has 2 rings (SSSR count). The number of nitrogens with two attached hydrogens (primary N) is 1. The van der Waals surface area contributed by atoms with Gasteiger partial charge in [0.15, 0.2) is 0 Å². The first-order chi connectivity index (χ1) is 6.12. The quantitative estimate of drug-likeness (QED) is 0.711. The lowest BCUT2D eigenvalue weighted by molar-refractivity contribution is 0.381. The molecule has 2 fully saturated rings. The standard InChI is InChI=1S/C12H23N/c1-9(2)11-8-12(11,13)7-10-5-3-4-6-10/h9-11H,3-8,13H2,1-2H3. The third kappa shape index (κ3) is 1.90. The SMILES string of the molecule is CC(C)C1CC1(N)CC1CCCC1. The van der Waals surface area contributed by atoms with Crippen LogP contribution < -0.4 is 5.73 Å². The van der Waals surface area contributed by atoms with Crippen molar-refractivity contribution in [2.24, 2.45) is 23.5 Å². The molecule has 0 aromatic heterocycles. The average Bonchev–Trinajstić information content (AvgIpc) is 2.50. The molecule has 2 N–H and O–H groups in total. The maximum atomic E-state index is 6.37. The van der Waals surface area contributed by atoms with Gasteiger partial charge in [-0.25, -0.2) is 0 Å². The van der Waals surface area contributed by atoms with Crippen LogP contribution in [0.5, 0.6) is 0 Å². The molecule has 2 unspecified atom stereocenters. The third-order valence-electron chi connectivity index (χ3n) is 4.13. The minimum absolute atomic E-state index is 0.253. The van der Waals surface area contributed by atoms with Gasteiger partial charge in [-0.2, -0.15) is 0 Å². The Bertz CT molecular complexity index is 182. The molecule has 76 valence electrons. The molecular weight excluding hydrogens is 158 g/mol. The molecule has 0 aromatic carbocycles. The maximum Gasteiger partial charge on any atom is 0.0192 e. The van der Waals surface area contributed by atoms with Gasteiger partial charge in [-0.1, -0.05) is 39.5 Å². The molecule has 2 saturated carbocycles. The highest BCUT2D eigenvalue weighted by molar-refractivity contribution is 5.09. The molecular formula is C12H23N. The van der Waals surface area contributed by atoms with Crippen LogP contribution in [-0.2, 0) is 0 Å². The molecule has 0 bridgehead atoms. The second kappa shape index (κ2) is 3.27. The first-order valence-electron chi connectivity index (χ1n) is 5.91. The summed E-state index contributed by atoms with van der Waals surface area (Å²) in [5.41, 5.74) is 6.62. The highest BCUT2D eigenvalue weighted by atomic mass is 14.9. The van der Waals surface area contributed by atoms with Crippen molar-refractivity contribution in [3.05, 3.63) is 0 Å². The van der Waals surface area contributed by atoms with E-state index in [-0.39, 0.29) is 5.54 Å². The Morgan fingerprint density at radius 1 is 1.31 bits per heavy atom. The van der Waals surface area contributed by atoms with Crippen LogP contribution >= 0.6 is 0 Å². The van der Waals surface area contributed by atoms with Crippen LogP contribution in [0, 0.1) is 17.8 Å². The van der Waals surface area contributed by atoms with E-state index in [1.165, 1.54) is 38.5 Å². The molecule has 0 heterocycles. The summed E-state index contributed by atoms with van der Waals surface area (Å²) in [6, 6.07) is 0. The van der Waals surface area contributed by atoms with E-state index in [9.17, 15) is 0 Å². The van der Waals surface area contributed by atoms with Crippen LogP contribution in [0.1, 0.15) is 52.4 Å². The van der Waals surface area contributed by atoms with Crippen molar-refractivity contribution < 1.29 is 0 Å². The average molecular weight is 181 g/mol. The third-order valence-corrected chi connectivity index (χ3v) is 4.13. The summed E-state index contributed by atoms with van der Waals surface area (Å²) >= 11 is 0. The minimum atomic E-state index is 0.253. The van der Waals surface area contributed by atoms with Crippen LogP contribution in [0.2, 0.25) is 0 Å². The van der Waals surface area contributed by atoms with Crippen LogP contribution in [-0.4, -0.2) is 5.54 Å². The molecule has 2 aliphatic rings. The number of hydrogen-bond donors (Lipinski definition) is 1. The second-order valence-electron chi connectivity index (χ2n) is 5.64. The van der Waals surface area contributed by atoms with E-state index in [1.54, 1.807) is 0 Å². The smallest absolute Gasteiger partial charge is 0.0192 e. The van der Waals surface area contributed by atoms with Crippen molar-refractivity contribution in [3.8, 4) is 0 Å². The number of rotatable bonds is 3. The highest BCUT2D eigenvalue weighted by Crippen LogP contribution is 2.51. The predicted molar refractivity (Wildman–Crippen MR) is 56.4 cm³/mol. The summed E-state index contributed by atoms with van der Waals surface area (Å²) in [6.07, 6.45) is 8.41. The van der Waals surface area contributed by atoms with Crippen LogP contribution in [0.15, 0.2) is 0 Å². The maximum absolute atomic E-state index is 6.37. The molecule has 0 amide bonds. The largest absolute Gasteiger partial charge is 0.325 e. The first kappa shape index (κ1) is 9.51. The summed E-state index contributed by atoms with van der Waals surface area (Å²) in [7, 11) is 0. The van der Waals surface area contributed by atoms with Crippen LogP contribution in [0.4, 0.5) is 0 Å². The van der Waals surface area contributed by atoms with Gasteiger partial charge in [0.2, 0.25) is 0 Å². The van der Waals surface area contributed by atoms with E-state index in [0.717, 1.165) is 17.8 Å². The van der Waals surface area contributed by atoms with Gasteiger partial charge in [-0.15, -0.1) is 0 Å². The van der Waals surface area contributed by atoms with Crippen LogP contribution in [0.25, 0.3) is 0 Å². The predicted octanol–water partition coefficient (Wildman–Crippen LogP) is 2.94. The van der Waals surface area contributed by atoms with Gasteiger partial charge in [0.05, 0.1) is 0 Å². The van der Waals surface area contributed by atoms with E-state index in [4.69, 9.17) is 5.73 Å². The fourth-order valence-corrected chi connectivity index (χ4v) is 3.24. The lowest BCUT2D eigenvalue weighted by Gasteiger charge is -2.17. The lowest BCUT2D eigenvalue weighted by atomic mass is 9.93. The molecule has 0 spiro atoms. The van der Waals surface area contributed by atoms with Gasteiger partial charge < -0.3 is 5.73 Å². The van der Waals surface area contributed by atoms with Gasteiger partial charge in [-0.3, -0.25) is 0 Å². The van der Waals surface area contributed by atoms with Gasteiger partial charge in [0.1, 0.15) is 0 Å². The Kier molecular flexibility index (Phi) is 2.39. The zero-order chi connectivity index (χ0) is 9.47. The van der Waals surface area contributed by atoms with Crippen molar-refractivity contribution in [2.45, 2.75) is 57.9 Å². The highest BCUT2D eigenvalue weighted by Gasteiger charge is 2.52. The van der Waals surface area contributed by atoms with E-state index in [0.29, 0.717) is 0 Å². The van der Waals surface area contributed by atoms with E-state index in [1.807, 2.05) is 0 Å². The Labute approximate surface area is 82.1 Å². The fourth-order valence-electron chi connectivity index (χ4n) is 3.24. The molecule has 2 aliphatic carbocycles. The molecule has 1 heteroatoms. The lowest BCUT2D eigenvalue weighted by Crippen LogP contribution is -2.29. The summed E-state index contributed by atoms with van der Waals surface area (Å²) in [5.74, 6) is 2.59. The molecule has 0 radical (unpaired) electrons. The normalized spacial score (nSPS) is 40.2. The minimum Gasteiger partial charge on any atom is -0.325 e. The second-order valence-corrected chi connectivity index (χ2v) is 5.64. The van der Waals surface area contributed by atoms with Crippen molar-refractivity contribution in [2.75, 3.05) is 0 Å². The topological polar surface area (TPSA) is 26.0 Å². The van der Waals surface area contributed by atoms with E-state index in [2.05, 4.69) is 13.8 Å². The molecule has 1 nitrogen and oxygen atoms in total. The summed E-state index contributed by atoms with van der Waals surface area (Å²) in [6.45, 7) is 4.63. The van der Waals surface area contributed by atoms with Gasteiger partial charge in [-0.05, 0) is 30.6 Å². The zero-order valence-corrected chi connectivity index (χ0v) is 9.05. The van der Waals surface area contributed by atoms with Crippen molar-refractivity contribution in [3.63, 3.8) is 0 Å². The van der Waals surface area contributed by atoms with Gasteiger partial charge >= 0.3 is 0 Å². The number of hydrogen-bond acceptors (Lipinski definition) is 1. The molecule has 0 saturated heterocycles. The Morgan fingerprint density at radius 3 is 2.38 bits per heavy atom. The fraction of sp³-hybridized carbons (Fsp3) is 1.00. The van der Waals surface area contributed by atoms with Crippen LogP contribution in [0.3, 0.4) is 0 Å². The van der Waals surface area contributed by atoms with E-state index >= 15 is 0 Å². The summed E-state index contributed by atoms with van der Waals surface area (Å²) in [4.78, 5) is 0. The van der Waals surface area contributed by atoms with Gasteiger partial charge in [0.25, 0.3) is 0 Å². The van der Waals surface area contributed by atoms with Gasteiger partial charge in [0, 0.05) is 5.54 Å². The van der Waals surface area contributed by atoms with Crippen molar-refractivity contribution in [1.82, 2.24) is 0 Å². The summed E-state index contributed by atoms with van der Waals surface area (Å²) < 4.78 is 0. The first-order valence-corrected chi connectivity index (χ1v) is 5.91. The monoisotopic (exact) mass is 181 g/mol. The van der Waals surface area contributed by atoms with Crippen molar-refractivity contribution in [1.29, 1.82) is 0 Å². The Balaban J connectivity index is 1.82. The van der Waals surface area contributed by atoms with E-state index < -0.39 is 0 Å². The Hall–Kier alpha value is -0.0400. The molecule has 13 heavy (non-hydrogen) atoms. The molecule has 0 aliphatic heterocycles. The Morgan fingerprint density at radius 2 is 1.92 bits per heavy atom. The van der Waals surface area contributed by atoms with Crippen molar-refractivity contribution >= 4 is 0 Å². The zero-order valence-electron chi connectivity index (χ0n) is 9.05.